The van der Waals surface area contributed by atoms with E-state index in [9.17, 15) is 4.79 Å². The smallest absolute Gasteiger partial charge is 0.241 e. The monoisotopic (exact) mass is 316 g/mol. The van der Waals surface area contributed by atoms with Crippen LogP contribution in [0.25, 0.3) is 0 Å². The van der Waals surface area contributed by atoms with Gasteiger partial charge in [0, 0.05) is 25.0 Å². The molecule has 1 aromatic heterocycles. The van der Waals surface area contributed by atoms with Gasteiger partial charge in [-0.15, -0.1) is 0 Å². The molecule has 0 radical (unpaired) electrons. The number of hydrazine groups is 1. The predicted octanol–water partition coefficient (Wildman–Crippen LogP) is 2.42. The first-order valence-electron chi connectivity index (χ1n) is 8.88. The fourth-order valence-corrected chi connectivity index (χ4v) is 3.69. The van der Waals surface area contributed by atoms with E-state index in [0.29, 0.717) is 12.0 Å². The van der Waals surface area contributed by atoms with E-state index in [4.69, 9.17) is 0 Å². The summed E-state index contributed by atoms with van der Waals surface area (Å²) in [7, 11) is 0. The van der Waals surface area contributed by atoms with E-state index in [-0.39, 0.29) is 18.0 Å². The molecule has 3 unspecified atom stereocenters. The topological polar surface area (TPSA) is 57.3 Å². The fourth-order valence-electron chi connectivity index (χ4n) is 3.69. The normalized spacial score (nSPS) is 28.8. The van der Waals surface area contributed by atoms with Gasteiger partial charge in [0.05, 0.1) is 6.04 Å². The highest BCUT2D eigenvalue weighted by Crippen LogP contribution is 2.31. The molecule has 1 aromatic rings. The molecule has 3 heterocycles. The van der Waals surface area contributed by atoms with Crippen molar-refractivity contribution >= 4 is 5.91 Å². The third kappa shape index (κ3) is 3.72. The molecule has 0 aromatic carbocycles. The second-order valence-corrected chi connectivity index (χ2v) is 7.10. The number of nitrogens with one attached hydrogen (secondary N) is 2. The largest absolute Gasteiger partial charge is 0.334 e. The SMILES string of the molecule is CC(C)C1CC(C(=O)N2CCCCCC2c2ccncc2)NN1. The Morgan fingerprint density at radius 3 is 2.70 bits per heavy atom. The van der Waals surface area contributed by atoms with Crippen molar-refractivity contribution in [2.75, 3.05) is 6.54 Å². The average Bonchev–Trinajstić information content (AvgIpc) is 2.94. The van der Waals surface area contributed by atoms with Crippen LogP contribution in [0.4, 0.5) is 0 Å². The van der Waals surface area contributed by atoms with Crippen molar-refractivity contribution in [3.05, 3.63) is 30.1 Å². The maximum absolute atomic E-state index is 13.1. The van der Waals surface area contributed by atoms with Crippen molar-refractivity contribution in [2.45, 2.75) is 64.1 Å². The zero-order valence-electron chi connectivity index (χ0n) is 14.2. The molecule has 0 saturated carbocycles. The Labute approximate surface area is 138 Å². The van der Waals surface area contributed by atoms with Gasteiger partial charge in [0.1, 0.15) is 6.04 Å². The van der Waals surface area contributed by atoms with Crippen molar-refractivity contribution < 1.29 is 4.79 Å². The molecule has 0 aliphatic carbocycles. The number of aromatic nitrogens is 1. The van der Waals surface area contributed by atoms with Gasteiger partial charge in [-0.1, -0.05) is 26.7 Å². The van der Waals surface area contributed by atoms with Gasteiger partial charge in [0.2, 0.25) is 5.91 Å². The number of nitrogens with zero attached hydrogens (tertiary/aromatic N) is 2. The van der Waals surface area contributed by atoms with Crippen LogP contribution in [0.3, 0.4) is 0 Å². The number of pyridine rings is 1. The van der Waals surface area contributed by atoms with E-state index in [2.05, 4.69) is 34.6 Å². The molecule has 2 fully saturated rings. The van der Waals surface area contributed by atoms with Gasteiger partial charge in [-0.3, -0.25) is 15.2 Å². The molecule has 3 atom stereocenters. The zero-order valence-corrected chi connectivity index (χ0v) is 14.2. The molecule has 5 nitrogen and oxygen atoms in total. The lowest BCUT2D eigenvalue weighted by molar-refractivity contribution is -0.135. The summed E-state index contributed by atoms with van der Waals surface area (Å²) in [5, 5.41) is 0. The first-order valence-corrected chi connectivity index (χ1v) is 8.88. The van der Waals surface area contributed by atoms with Crippen LogP contribution < -0.4 is 10.9 Å². The minimum atomic E-state index is -0.107. The number of amides is 1. The van der Waals surface area contributed by atoms with Gasteiger partial charge in [0.25, 0.3) is 0 Å². The maximum Gasteiger partial charge on any atom is 0.241 e. The molecule has 23 heavy (non-hydrogen) atoms. The number of hydrogen-bond acceptors (Lipinski definition) is 4. The zero-order chi connectivity index (χ0) is 16.2. The average molecular weight is 316 g/mol. The molecule has 3 rings (SSSR count). The van der Waals surface area contributed by atoms with E-state index in [1.165, 1.54) is 18.4 Å². The van der Waals surface area contributed by atoms with Crippen LogP contribution in [0.5, 0.6) is 0 Å². The number of carbonyl (C=O) groups is 1. The van der Waals surface area contributed by atoms with Gasteiger partial charge in [-0.05, 0) is 42.9 Å². The summed E-state index contributed by atoms with van der Waals surface area (Å²) >= 11 is 0. The van der Waals surface area contributed by atoms with E-state index in [0.717, 1.165) is 25.8 Å². The lowest BCUT2D eigenvalue weighted by Crippen LogP contribution is -2.47. The van der Waals surface area contributed by atoms with Gasteiger partial charge < -0.3 is 4.90 Å². The Bertz CT molecular complexity index is 519. The number of likely N-dealkylation sites (tertiary alicyclic amines) is 1. The molecule has 2 aliphatic heterocycles. The first-order chi connectivity index (χ1) is 11.2. The number of carbonyl (C=O) groups excluding carboxylic acids is 1. The summed E-state index contributed by atoms with van der Waals surface area (Å²) in [6.45, 7) is 5.24. The van der Waals surface area contributed by atoms with Crippen LogP contribution in [0.2, 0.25) is 0 Å². The van der Waals surface area contributed by atoms with Crippen molar-refractivity contribution in [2.24, 2.45) is 5.92 Å². The molecule has 5 heteroatoms. The van der Waals surface area contributed by atoms with Crippen LogP contribution in [0, 0.1) is 5.92 Å². The predicted molar refractivity (Wildman–Crippen MR) is 90.5 cm³/mol. The highest BCUT2D eigenvalue weighted by atomic mass is 16.2. The molecule has 126 valence electrons. The Balaban J connectivity index is 1.76. The molecular weight excluding hydrogens is 288 g/mol. The Morgan fingerprint density at radius 1 is 1.22 bits per heavy atom. The minimum absolute atomic E-state index is 0.107. The lowest BCUT2D eigenvalue weighted by atomic mass is 9.97. The van der Waals surface area contributed by atoms with Crippen LogP contribution in [0.15, 0.2) is 24.5 Å². The Morgan fingerprint density at radius 2 is 2.00 bits per heavy atom. The fraction of sp³-hybridized carbons (Fsp3) is 0.667. The Kier molecular flexibility index (Phi) is 5.28. The third-order valence-corrected chi connectivity index (χ3v) is 5.16. The molecule has 1 amide bonds. The van der Waals surface area contributed by atoms with E-state index in [1.54, 1.807) is 0 Å². The van der Waals surface area contributed by atoms with Gasteiger partial charge >= 0.3 is 0 Å². The van der Waals surface area contributed by atoms with E-state index in [1.807, 2.05) is 24.5 Å². The van der Waals surface area contributed by atoms with Crippen LogP contribution in [0.1, 0.15) is 57.6 Å². The van der Waals surface area contributed by atoms with Gasteiger partial charge in [-0.25, -0.2) is 5.43 Å². The summed E-state index contributed by atoms with van der Waals surface area (Å²) in [5.74, 6) is 0.768. The standard InChI is InChI=1S/C18H28N4O/c1-13(2)15-12-16(21-20-15)18(23)22-11-5-3-4-6-17(22)14-7-9-19-10-8-14/h7-10,13,15-17,20-21H,3-6,11-12H2,1-2H3. The van der Waals surface area contributed by atoms with Crippen LogP contribution in [-0.4, -0.2) is 34.4 Å². The molecule has 2 saturated heterocycles. The van der Waals surface area contributed by atoms with Crippen molar-refractivity contribution in [1.82, 2.24) is 20.7 Å². The minimum Gasteiger partial charge on any atom is -0.334 e. The highest BCUT2D eigenvalue weighted by Gasteiger charge is 2.36. The van der Waals surface area contributed by atoms with Gasteiger partial charge in [0.15, 0.2) is 0 Å². The lowest BCUT2D eigenvalue weighted by Gasteiger charge is -2.32. The summed E-state index contributed by atoms with van der Waals surface area (Å²) in [4.78, 5) is 19.3. The van der Waals surface area contributed by atoms with Crippen molar-refractivity contribution in [3.8, 4) is 0 Å². The summed E-state index contributed by atoms with van der Waals surface area (Å²) in [6.07, 6.45) is 9.05. The third-order valence-electron chi connectivity index (χ3n) is 5.16. The molecule has 2 N–H and O–H groups in total. The summed E-state index contributed by atoms with van der Waals surface area (Å²) < 4.78 is 0. The molecular formula is C18H28N4O. The van der Waals surface area contributed by atoms with E-state index >= 15 is 0 Å². The van der Waals surface area contributed by atoms with Gasteiger partial charge in [-0.2, -0.15) is 0 Å². The number of rotatable bonds is 3. The van der Waals surface area contributed by atoms with E-state index < -0.39 is 0 Å². The quantitative estimate of drug-likeness (QED) is 0.899. The van der Waals surface area contributed by atoms with Crippen molar-refractivity contribution in [1.29, 1.82) is 0 Å². The molecule has 2 aliphatic rings. The second-order valence-electron chi connectivity index (χ2n) is 7.10. The summed E-state index contributed by atoms with van der Waals surface area (Å²) in [5.41, 5.74) is 7.72. The molecule has 0 spiro atoms. The van der Waals surface area contributed by atoms with Crippen LogP contribution in [-0.2, 0) is 4.79 Å². The first kappa shape index (κ1) is 16.4. The molecule has 0 bridgehead atoms. The number of hydrogen-bond donors (Lipinski definition) is 2. The second kappa shape index (κ2) is 7.41. The highest BCUT2D eigenvalue weighted by molar-refractivity contribution is 5.82. The Hall–Kier alpha value is -1.46. The van der Waals surface area contributed by atoms with Crippen molar-refractivity contribution in [3.63, 3.8) is 0 Å². The summed E-state index contributed by atoms with van der Waals surface area (Å²) in [6, 6.07) is 4.55. The van der Waals surface area contributed by atoms with Crippen LogP contribution >= 0.6 is 0 Å². The maximum atomic E-state index is 13.1.